The zero-order valence-corrected chi connectivity index (χ0v) is 13.4. The maximum absolute atomic E-state index is 6.27. The minimum Gasteiger partial charge on any atom is -0.497 e. The average Bonchev–Trinajstić information content (AvgIpc) is 2.61. The Bertz CT molecular complexity index is 856. The standard InChI is InChI=1S/C20H15ClO2/c1-22-15-9-6-13(7-10-15)20-18-5-3-2-4-16(18)17-11-8-14(21)12-19(17)23-20/h2-12,20H,1H3. The molecule has 23 heavy (non-hydrogen) atoms. The summed E-state index contributed by atoms with van der Waals surface area (Å²) in [5.74, 6) is 1.65. The Kier molecular flexibility index (Phi) is 3.47. The van der Waals surface area contributed by atoms with E-state index in [2.05, 4.69) is 12.1 Å². The SMILES string of the molecule is COc1ccc(C2Oc3cc(Cl)ccc3-c3ccccc32)cc1. The number of ether oxygens (including phenoxy) is 2. The molecular weight excluding hydrogens is 308 g/mol. The van der Waals surface area contributed by atoms with Gasteiger partial charge >= 0.3 is 0 Å². The van der Waals surface area contributed by atoms with Crippen molar-refractivity contribution in [2.24, 2.45) is 0 Å². The van der Waals surface area contributed by atoms with Gasteiger partial charge in [0.2, 0.25) is 0 Å². The van der Waals surface area contributed by atoms with Crippen LogP contribution in [0.4, 0.5) is 0 Å². The van der Waals surface area contributed by atoms with Crippen LogP contribution in [0.15, 0.2) is 66.7 Å². The molecule has 0 N–H and O–H groups in total. The molecule has 1 atom stereocenters. The van der Waals surface area contributed by atoms with Crippen molar-refractivity contribution in [1.29, 1.82) is 0 Å². The molecule has 4 rings (SSSR count). The largest absolute Gasteiger partial charge is 0.497 e. The van der Waals surface area contributed by atoms with Crippen LogP contribution in [0.2, 0.25) is 5.02 Å². The maximum Gasteiger partial charge on any atom is 0.149 e. The highest BCUT2D eigenvalue weighted by atomic mass is 35.5. The third-order valence-corrected chi connectivity index (χ3v) is 4.38. The van der Waals surface area contributed by atoms with Crippen LogP contribution in [0.3, 0.4) is 0 Å². The van der Waals surface area contributed by atoms with Gasteiger partial charge in [-0.05, 0) is 41.5 Å². The van der Waals surface area contributed by atoms with Gasteiger partial charge in [0.1, 0.15) is 17.6 Å². The van der Waals surface area contributed by atoms with Crippen molar-refractivity contribution in [2.45, 2.75) is 6.10 Å². The van der Waals surface area contributed by atoms with Gasteiger partial charge in [0.25, 0.3) is 0 Å². The molecule has 1 aliphatic rings. The Balaban J connectivity index is 1.85. The molecule has 1 aliphatic heterocycles. The molecule has 0 saturated carbocycles. The molecular formula is C20H15ClO2. The van der Waals surface area contributed by atoms with E-state index in [9.17, 15) is 0 Å². The third kappa shape index (κ3) is 2.45. The molecule has 3 aromatic carbocycles. The fourth-order valence-corrected chi connectivity index (χ4v) is 3.17. The van der Waals surface area contributed by atoms with Crippen molar-refractivity contribution < 1.29 is 9.47 Å². The van der Waals surface area contributed by atoms with Gasteiger partial charge < -0.3 is 9.47 Å². The number of halogens is 1. The second kappa shape index (κ2) is 5.64. The molecule has 0 spiro atoms. The van der Waals surface area contributed by atoms with Gasteiger partial charge in [-0.2, -0.15) is 0 Å². The summed E-state index contributed by atoms with van der Waals surface area (Å²) < 4.78 is 11.5. The summed E-state index contributed by atoms with van der Waals surface area (Å²) in [6.07, 6.45) is -0.150. The molecule has 0 aliphatic carbocycles. The average molecular weight is 323 g/mol. The fraction of sp³-hybridized carbons (Fsp3) is 0.100. The van der Waals surface area contributed by atoms with Crippen LogP contribution in [0.25, 0.3) is 11.1 Å². The molecule has 0 saturated heterocycles. The van der Waals surface area contributed by atoms with E-state index < -0.39 is 0 Å². The Morgan fingerprint density at radius 2 is 1.70 bits per heavy atom. The molecule has 114 valence electrons. The van der Waals surface area contributed by atoms with E-state index in [0.717, 1.165) is 28.2 Å². The summed E-state index contributed by atoms with van der Waals surface area (Å²) >= 11 is 6.14. The van der Waals surface area contributed by atoms with E-state index in [0.29, 0.717) is 5.02 Å². The first-order valence-corrected chi connectivity index (χ1v) is 7.83. The van der Waals surface area contributed by atoms with Crippen LogP contribution in [0.5, 0.6) is 11.5 Å². The summed E-state index contributed by atoms with van der Waals surface area (Å²) in [6.45, 7) is 0. The number of benzene rings is 3. The summed E-state index contributed by atoms with van der Waals surface area (Å²) in [7, 11) is 1.67. The molecule has 0 radical (unpaired) electrons. The lowest BCUT2D eigenvalue weighted by atomic mass is 9.90. The van der Waals surface area contributed by atoms with Gasteiger partial charge in [0, 0.05) is 16.1 Å². The second-order valence-corrected chi connectivity index (χ2v) is 5.94. The predicted molar refractivity (Wildman–Crippen MR) is 92.4 cm³/mol. The van der Waals surface area contributed by atoms with Crippen molar-refractivity contribution in [3.8, 4) is 22.6 Å². The molecule has 0 bridgehead atoms. The maximum atomic E-state index is 6.27. The van der Waals surface area contributed by atoms with E-state index in [1.54, 1.807) is 7.11 Å². The smallest absolute Gasteiger partial charge is 0.149 e. The van der Waals surface area contributed by atoms with Crippen LogP contribution in [0, 0.1) is 0 Å². The summed E-state index contributed by atoms with van der Waals surface area (Å²) in [5, 5.41) is 0.677. The highest BCUT2D eigenvalue weighted by molar-refractivity contribution is 6.30. The lowest BCUT2D eigenvalue weighted by Gasteiger charge is -2.29. The monoisotopic (exact) mass is 322 g/mol. The molecule has 1 heterocycles. The van der Waals surface area contributed by atoms with Crippen molar-refractivity contribution in [1.82, 2.24) is 0 Å². The molecule has 0 aromatic heterocycles. The van der Waals surface area contributed by atoms with Crippen molar-refractivity contribution in [3.63, 3.8) is 0 Å². The van der Waals surface area contributed by atoms with E-state index in [4.69, 9.17) is 21.1 Å². The fourth-order valence-electron chi connectivity index (χ4n) is 3.00. The van der Waals surface area contributed by atoms with Crippen LogP contribution in [-0.4, -0.2) is 7.11 Å². The number of hydrogen-bond donors (Lipinski definition) is 0. The Labute approximate surface area is 140 Å². The molecule has 3 aromatic rings. The number of methoxy groups -OCH3 is 1. The van der Waals surface area contributed by atoms with E-state index in [1.807, 2.05) is 54.6 Å². The highest BCUT2D eigenvalue weighted by Crippen LogP contribution is 2.45. The lowest BCUT2D eigenvalue weighted by molar-refractivity contribution is 0.243. The van der Waals surface area contributed by atoms with E-state index in [-0.39, 0.29) is 6.10 Å². The van der Waals surface area contributed by atoms with Crippen molar-refractivity contribution in [3.05, 3.63) is 82.9 Å². The Morgan fingerprint density at radius 3 is 2.48 bits per heavy atom. The minimum absolute atomic E-state index is 0.150. The van der Waals surface area contributed by atoms with Crippen LogP contribution in [0.1, 0.15) is 17.2 Å². The summed E-state index contributed by atoms with van der Waals surface area (Å²) in [4.78, 5) is 0. The topological polar surface area (TPSA) is 18.5 Å². The van der Waals surface area contributed by atoms with Gasteiger partial charge in [-0.3, -0.25) is 0 Å². The predicted octanol–water partition coefficient (Wildman–Crippen LogP) is 5.50. The Hall–Kier alpha value is -2.45. The van der Waals surface area contributed by atoms with Gasteiger partial charge in [0.15, 0.2) is 0 Å². The third-order valence-electron chi connectivity index (χ3n) is 4.14. The zero-order chi connectivity index (χ0) is 15.8. The first-order chi connectivity index (χ1) is 11.3. The lowest BCUT2D eigenvalue weighted by Crippen LogP contribution is -2.15. The quantitative estimate of drug-likeness (QED) is 0.620. The molecule has 0 amide bonds. The molecule has 0 fully saturated rings. The number of rotatable bonds is 2. The molecule has 2 nitrogen and oxygen atoms in total. The molecule has 1 unspecified atom stereocenters. The van der Waals surface area contributed by atoms with Gasteiger partial charge in [-0.25, -0.2) is 0 Å². The Morgan fingerprint density at radius 1 is 0.913 bits per heavy atom. The second-order valence-electron chi connectivity index (χ2n) is 5.50. The highest BCUT2D eigenvalue weighted by Gasteiger charge is 2.27. The number of hydrogen-bond acceptors (Lipinski definition) is 2. The number of fused-ring (bicyclic) bond motifs is 3. The van der Waals surface area contributed by atoms with Gasteiger partial charge in [-0.1, -0.05) is 48.0 Å². The first-order valence-electron chi connectivity index (χ1n) is 7.46. The van der Waals surface area contributed by atoms with Crippen molar-refractivity contribution >= 4 is 11.6 Å². The van der Waals surface area contributed by atoms with Crippen molar-refractivity contribution in [2.75, 3.05) is 7.11 Å². The van der Waals surface area contributed by atoms with Crippen LogP contribution < -0.4 is 9.47 Å². The van der Waals surface area contributed by atoms with E-state index in [1.165, 1.54) is 5.56 Å². The molecule has 3 heteroatoms. The summed E-state index contributed by atoms with van der Waals surface area (Å²) in [6, 6.07) is 22.1. The first kappa shape index (κ1) is 14.2. The zero-order valence-electron chi connectivity index (χ0n) is 12.6. The van der Waals surface area contributed by atoms with Crippen LogP contribution >= 0.6 is 11.6 Å². The summed E-state index contributed by atoms with van der Waals surface area (Å²) in [5.41, 5.74) is 4.51. The van der Waals surface area contributed by atoms with Crippen LogP contribution in [-0.2, 0) is 0 Å². The normalized spacial score (nSPS) is 15.3. The minimum atomic E-state index is -0.150. The van der Waals surface area contributed by atoms with Gasteiger partial charge in [-0.15, -0.1) is 0 Å². The van der Waals surface area contributed by atoms with Gasteiger partial charge in [0.05, 0.1) is 7.11 Å². The van der Waals surface area contributed by atoms with E-state index >= 15 is 0 Å².